The molecule has 1 fully saturated rings. The first-order valence-corrected chi connectivity index (χ1v) is 5.30. The van der Waals surface area contributed by atoms with E-state index >= 15 is 0 Å². The van der Waals surface area contributed by atoms with Gasteiger partial charge in [0.25, 0.3) is 0 Å². The summed E-state index contributed by atoms with van der Waals surface area (Å²) in [5, 5.41) is 8.73. The van der Waals surface area contributed by atoms with Crippen molar-refractivity contribution >= 4 is 17.3 Å². The monoisotopic (exact) mass is 205 g/mol. The first-order valence-electron chi connectivity index (χ1n) is 4.20. The Morgan fingerprint density at radius 1 is 1.54 bits per heavy atom. The van der Waals surface area contributed by atoms with Crippen LogP contribution in [0.3, 0.4) is 0 Å². The van der Waals surface area contributed by atoms with E-state index < -0.39 is 23.4 Å². The van der Waals surface area contributed by atoms with Crippen LogP contribution in [-0.2, 0) is 16.2 Å². The van der Waals surface area contributed by atoms with Crippen molar-refractivity contribution in [3.8, 4) is 0 Å². The number of rotatable bonds is 2. The maximum absolute atomic E-state index is 11.7. The van der Waals surface area contributed by atoms with Gasteiger partial charge in [-0.3, -0.25) is 4.79 Å². The van der Waals surface area contributed by atoms with Gasteiger partial charge in [-0.1, -0.05) is 0 Å². The molecule has 0 spiro atoms. The van der Waals surface area contributed by atoms with E-state index in [9.17, 15) is 9.35 Å². The third-order valence-electron chi connectivity index (χ3n) is 2.01. The number of hydrogen-bond donors (Lipinski definition) is 1. The summed E-state index contributed by atoms with van der Waals surface area (Å²) in [4.78, 5) is 10.6. The van der Waals surface area contributed by atoms with Crippen LogP contribution in [0, 0.1) is 0 Å². The van der Waals surface area contributed by atoms with Gasteiger partial charge in [-0.2, -0.15) is 0 Å². The predicted molar refractivity (Wildman–Crippen MR) is 50.6 cm³/mol. The Labute approximate surface area is 81.2 Å². The minimum Gasteiger partial charge on any atom is -0.597 e. The highest BCUT2D eigenvalue weighted by molar-refractivity contribution is 7.90. The van der Waals surface area contributed by atoms with E-state index in [2.05, 4.69) is 0 Å². The quantitative estimate of drug-likeness (QED) is 0.530. The zero-order valence-electron chi connectivity index (χ0n) is 8.27. The van der Waals surface area contributed by atoms with E-state index in [1.807, 2.05) is 20.8 Å². The van der Waals surface area contributed by atoms with Gasteiger partial charge in [0.15, 0.2) is 6.04 Å². The van der Waals surface area contributed by atoms with Crippen LogP contribution in [0.5, 0.6) is 0 Å². The second-order valence-electron chi connectivity index (χ2n) is 4.25. The van der Waals surface area contributed by atoms with Crippen LogP contribution in [0.4, 0.5) is 0 Å². The smallest absolute Gasteiger partial charge is 0.327 e. The molecule has 1 saturated heterocycles. The molecule has 0 aromatic rings. The summed E-state index contributed by atoms with van der Waals surface area (Å²) >= 11 is -1.21. The Morgan fingerprint density at radius 3 is 2.23 bits per heavy atom. The highest BCUT2D eigenvalue weighted by Gasteiger charge is 2.60. The molecule has 1 heterocycles. The highest BCUT2D eigenvalue weighted by Crippen LogP contribution is 2.37. The summed E-state index contributed by atoms with van der Waals surface area (Å²) in [5.74, 6) is -0.884. The Bertz CT molecular complexity index is 226. The molecule has 0 amide bonds. The number of hydrogen-bond acceptors (Lipinski definition) is 3. The molecule has 4 nitrogen and oxygen atoms in total. The van der Waals surface area contributed by atoms with Crippen molar-refractivity contribution in [1.82, 2.24) is 4.31 Å². The summed E-state index contributed by atoms with van der Waals surface area (Å²) in [7, 11) is 0. The van der Waals surface area contributed by atoms with Crippen molar-refractivity contribution in [2.45, 2.75) is 44.5 Å². The molecule has 1 N–H and O–H groups in total. The van der Waals surface area contributed by atoms with Gasteiger partial charge in [0.05, 0.1) is 6.04 Å². The van der Waals surface area contributed by atoms with Gasteiger partial charge in [0.1, 0.15) is 4.75 Å². The predicted octanol–water partition coefficient (Wildman–Crippen LogP) is 0.606. The lowest BCUT2D eigenvalue weighted by Crippen LogP contribution is -2.35. The number of nitrogens with zero attached hydrogens (tertiary/aromatic N) is 1. The normalized spacial score (nSPS) is 35.6. The Balaban J connectivity index is 2.63. The summed E-state index contributed by atoms with van der Waals surface area (Å²) in [6.07, 6.45) is 0. The second-order valence-corrected chi connectivity index (χ2v) is 6.39. The number of aliphatic carboxylic acids is 1. The van der Waals surface area contributed by atoms with E-state index in [4.69, 9.17) is 5.11 Å². The maximum atomic E-state index is 11.7. The summed E-state index contributed by atoms with van der Waals surface area (Å²) < 4.78 is 12.9. The average molecular weight is 205 g/mol. The zero-order valence-corrected chi connectivity index (χ0v) is 9.09. The maximum Gasteiger partial charge on any atom is 0.327 e. The number of carbonyl (C=O) groups is 1. The molecular weight excluding hydrogens is 190 g/mol. The van der Waals surface area contributed by atoms with Crippen LogP contribution in [-0.4, -0.2) is 36.8 Å². The largest absolute Gasteiger partial charge is 0.597 e. The minimum absolute atomic E-state index is 0.0995. The summed E-state index contributed by atoms with van der Waals surface area (Å²) in [6, 6.07) is -0.655. The van der Waals surface area contributed by atoms with Crippen molar-refractivity contribution < 1.29 is 14.5 Å². The van der Waals surface area contributed by atoms with Gasteiger partial charge in [-0.25, -0.2) is 0 Å². The molecule has 76 valence electrons. The Morgan fingerprint density at radius 2 is 2.00 bits per heavy atom. The van der Waals surface area contributed by atoms with Crippen LogP contribution in [0.15, 0.2) is 0 Å². The molecule has 5 heteroatoms. The number of carboxylic acids is 1. The van der Waals surface area contributed by atoms with Gasteiger partial charge in [-0.05, 0) is 27.7 Å². The molecule has 0 aliphatic carbocycles. The van der Waals surface area contributed by atoms with Crippen LogP contribution in [0.1, 0.15) is 27.7 Å². The lowest BCUT2D eigenvalue weighted by atomic mass is 10.3. The fourth-order valence-corrected chi connectivity index (χ4v) is 2.68. The molecule has 1 aliphatic heterocycles. The van der Waals surface area contributed by atoms with E-state index in [1.165, 1.54) is 4.31 Å². The van der Waals surface area contributed by atoms with Crippen LogP contribution >= 0.6 is 0 Å². The molecule has 1 aliphatic rings. The second kappa shape index (κ2) is 3.15. The third kappa shape index (κ3) is 1.98. The molecule has 0 aromatic carbocycles. The lowest BCUT2D eigenvalue weighted by Gasteiger charge is -2.24. The van der Waals surface area contributed by atoms with E-state index in [0.29, 0.717) is 0 Å². The Kier molecular flexibility index (Phi) is 2.62. The first kappa shape index (κ1) is 10.8. The van der Waals surface area contributed by atoms with Crippen molar-refractivity contribution in [2.24, 2.45) is 0 Å². The molecular formula is C8H15NO3S. The molecule has 13 heavy (non-hydrogen) atoms. The van der Waals surface area contributed by atoms with Gasteiger partial charge >= 0.3 is 5.97 Å². The summed E-state index contributed by atoms with van der Waals surface area (Å²) in [6.45, 7) is 7.30. The minimum atomic E-state index is -1.21. The zero-order chi connectivity index (χ0) is 10.4. The van der Waals surface area contributed by atoms with Crippen molar-refractivity contribution in [3.05, 3.63) is 0 Å². The SMILES string of the molecule is CC1C(C(=O)O)N1[S+]([O-])C(C)(C)C. The van der Waals surface area contributed by atoms with Crippen LogP contribution < -0.4 is 0 Å². The molecule has 0 aromatic heterocycles. The lowest BCUT2D eigenvalue weighted by molar-refractivity contribution is -0.136. The van der Waals surface area contributed by atoms with Crippen molar-refractivity contribution in [1.29, 1.82) is 0 Å². The van der Waals surface area contributed by atoms with Gasteiger partial charge in [0, 0.05) is 11.4 Å². The topological polar surface area (TPSA) is 63.4 Å². The van der Waals surface area contributed by atoms with E-state index in [1.54, 1.807) is 6.92 Å². The molecule has 0 radical (unpaired) electrons. The van der Waals surface area contributed by atoms with E-state index in [0.717, 1.165) is 0 Å². The molecule has 1 rings (SSSR count). The van der Waals surface area contributed by atoms with Crippen LogP contribution in [0.25, 0.3) is 0 Å². The molecule has 0 saturated carbocycles. The van der Waals surface area contributed by atoms with Gasteiger partial charge in [-0.15, -0.1) is 4.31 Å². The summed E-state index contributed by atoms with van der Waals surface area (Å²) in [5.41, 5.74) is 0. The fraction of sp³-hybridized carbons (Fsp3) is 0.875. The first-order chi connectivity index (χ1) is 5.76. The Hall–Kier alpha value is -0.260. The van der Waals surface area contributed by atoms with Crippen molar-refractivity contribution in [3.63, 3.8) is 0 Å². The van der Waals surface area contributed by atoms with Gasteiger partial charge in [0.2, 0.25) is 0 Å². The standard InChI is InChI=1S/C8H15NO3S/c1-5-6(7(10)11)9(5)13(12)8(2,3)4/h5-6H,1-4H3,(H,10,11). The molecule has 0 bridgehead atoms. The highest BCUT2D eigenvalue weighted by atomic mass is 32.2. The van der Waals surface area contributed by atoms with Gasteiger partial charge < -0.3 is 9.66 Å². The van der Waals surface area contributed by atoms with Crippen LogP contribution in [0.2, 0.25) is 0 Å². The molecule has 4 atom stereocenters. The number of carboxylic acid groups (broad SMARTS) is 1. The fourth-order valence-electron chi connectivity index (χ4n) is 1.21. The average Bonchev–Trinajstić information content (AvgIpc) is 2.57. The van der Waals surface area contributed by atoms with E-state index in [-0.39, 0.29) is 10.8 Å². The van der Waals surface area contributed by atoms with Crippen molar-refractivity contribution in [2.75, 3.05) is 0 Å². The third-order valence-corrected chi connectivity index (χ3v) is 4.00. The molecule has 4 unspecified atom stereocenters.